The van der Waals surface area contributed by atoms with Crippen molar-refractivity contribution in [3.05, 3.63) is 35.0 Å². The molecule has 5 heteroatoms. The molecule has 0 radical (unpaired) electrons. The van der Waals surface area contributed by atoms with Crippen LogP contribution in [0, 0.1) is 5.41 Å². The number of fused-ring (bicyclic) bond motifs is 3. The largest absolute Gasteiger partial charge is 0.352 e. The second-order valence-electron chi connectivity index (χ2n) is 7.95. The van der Waals surface area contributed by atoms with Crippen molar-refractivity contribution in [2.24, 2.45) is 11.1 Å². The van der Waals surface area contributed by atoms with Crippen molar-refractivity contribution in [1.82, 2.24) is 10.3 Å². The molecule has 1 heterocycles. The quantitative estimate of drug-likeness (QED) is 0.810. The van der Waals surface area contributed by atoms with Gasteiger partial charge in [-0.15, -0.1) is 0 Å². The molecular formula is C19H25N3O2. The number of benzene rings is 1. The second kappa shape index (κ2) is 5.45. The summed E-state index contributed by atoms with van der Waals surface area (Å²) >= 11 is 0. The fourth-order valence-electron chi connectivity index (χ4n) is 4.11. The average Bonchev–Trinajstić information content (AvgIpc) is 2.89. The van der Waals surface area contributed by atoms with Crippen LogP contribution in [-0.2, 0) is 5.41 Å². The molecule has 0 atom stereocenters. The molecule has 1 amide bonds. The van der Waals surface area contributed by atoms with E-state index in [4.69, 9.17) is 5.73 Å². The molecule has 0 spiro atoms. The van der Waals surface area contributed by atoms with Crippen LogP contribution in [0.2, 0.25) is 0 Å². The van der Waals surface area contributed by atoms with Gasteiger partial charge in [0.25, 0.3) is 5.91 Å². The van der Waals surface area contributed by atoms with Gasteiger partial charge in [0.2, 0.25) is 0 Å². The first-order chi connectivity index (χ1) is 11.2. The summed E-state index contributed by atoms with van der Waals surface area (Å²) in [6.07, 6.45) is 0.780. The Balaban J connectivity index is 2.16. The molecule has 1 aromatic carbocycles. The molecule has 0 fully saturated rings. The van der Waals surface area contributed by atoms with Gasteiger partial charge in [0.1, 0.15) is 0 Å². The van der Waals surface area contributed by atoms with Gasteiger partial charge in [0.15, 0.2) is 5.78 Å². The van der Waals surface area contributed by atoms with Gasteiger partial charge in [0, 0.05) is 35.0 Å². The lowest BCUT2D eigenvalue weighted by atomic mass is 9.63. The van der Waals surface area contributed by atoms with E-state index >= 15 is 0 Å². The van der Waals surface area contributed by atoms with E-state index in [0.29, 0.717) is 24.3 Å². The van der Waals surface area contributed by atoms with Crippen molar-refractivity contribution in [3.63, 3.8) is 0 Å². The predicted octanol–water partition coefficient (Wildman–Crippen LogP) is 2.75. The van der Waals surface area contributed by atoms with Crippen LogP contribution in [0.5, 0.6) is 0 Å². The van der Waals surface area contributed by atoms with Crippen molar-refractivity contribution in [2.75, 3.05) is 13.1 Å². The number of hydrogen-bond acceptors (Lipinski definition) is 3. The third-order valence-corrected chi connectivity index (χ3v) is 4.89. The normalized spacial score (nSPS) is 18.5. The molecule has 0 saturated carbocycles. The number of rotatable bonds is 3. The molecule has 0 bridgehead atoms. The Morgan fingerprint density at radius 2 is 1.96 bits per heavy atom. The summed E-state index contributed by atoms with van der Waals surface area (Å²) in [5, 5.41) is 3.74. The molecule has 0 saturated heterocycles. The molecule has 4 N–H and O–H groups in total. The van der Waals surface area contributed by atoms with Gasteiger partial charge >= 0.3 is 0 Å². The third-order valence-electron chi connectivity index (χ3n) is 4.89. The van der Waals surface area contributed by atoms with E-state index in [1.165, 1.54) is 0 Å². The number of amides is 1. The van der Waals surface area contributed by atoms with E-state index in [0.717, 1.165) is 22.9 Å². The molecule has 1 aliphatic rings. The SMILES string of the molecule is CC1(C)CC(C)(C)c2c([nH]c3ccc(C(=O)NCCN)cc23)C1=O. The summed E-state index contributed by atoms with van der Waals surface area (Å²) in [5.41, 5.74) is 8.10. The smallest absolute Gasteiger partial charge is 0.251 e. The summed E-state index contributed by atoms with van der Waals surface area (Å²) in [6, 6.07) is 5.53. The molecular weight excluding hydrogens is 302 g/mol. The van der Waals surface area contributed by atoms with Crippen LogP contribution >= 0.6 is 0 Å². The third kappa shape index (κ3) is 2.53. The van der Waals surface area contributed by atoms with E-state index in [9.17, 15) is 9.59 Å². The van der Waals surface area contributed by atoms with Crippen molar-refractivity contribution < 1.29 is 9.59 Å². The highest BCUT2D eigenvalue weighted by molar-refractivity contribution is 6.08. The number of carbonyl (C=O) groups is 2. The van der Waals surface area contributed by atoms with Gasteiger partial charge in [-0.05, 0) is 35.6 Å². The first-order valence-electron chi connectivity index (χ1n) is 8.37. The topological polar surface area (TPSA) is 88.0 Å². The van der Waals surface area contributed by atoms with Crippen LogP contribution in [0.15, 0.2) is 18.2 Å². The Morgan fingerprint density at radius 1 is 1.25 bits per heavy atom. The van der Waals surface area contributed by atoms with Gasteiger partial charge in [-0.3, -0.25) is 9.59 Å². The van der Waals surface area contributed by atoms with Gasteiger partial charge in [-0.2, -0.15) is 0 Å². The minimum absolute atomic E-state index is 0.141. The molecule has 128 valence electrons. The Hall–Kier alpha value is -2.14. The van der Waals surface area contributed by atoms with E-state index < -0.39 is 5.41 Å². The van der Waals surface area contributed by atoms with Crippen LogP contribution in [0.3, 0.4) is 0 Å². The van der Waals surface area contributed by atoms with Gasteiger partial charge < -0.3 is 16.0 Å². The molecule has 0 unspecified atom stereocenters. The second-order valence-corrected chi connectivity index (χ2v) is 7.95. The number of ketones is 1. The summed E-state index contributed by atoms with van der Waals surface area (Å²) in [5.74, 6) is -0.000250. The lowest BCUT2D eigenvalue weighted by Crippen LogP contribution is -2.39. The zero-order valence-corrected chi connectivity index (χ0v) is 14.7. The fraction of sp³-hybridized carbons (Fsp3) is 0.474. The highest BCUT2D eigenvalue weighted by Crippen LogP contribution is 2.48. The predicted molar refractivity (Wildman–Crippen MR) is 95.4 cm³/mol. The Morgan fingerprint density at radius 3 is 2.62 bits per heavy atom. The van der Waals surface area contributed by atoms with Crippen LogP contribution in [0.1, 0.15) is 60.5 Å². The number of aromatic nitrogens is 1. The first-order valence-corrected chi connectivity index (χ1v) is 8.37. The Kier molecular flexibility index (Phi) is 3.79. The van der Waals surface area contributed by atoms with Crippen LogP contribution < -0.4 is 11.1 Å². The highest BCUT2D eigenvalue weighted by Gasteiger charge is 2.45. The zero-order valence-electron chi connectivity index (χ0n) is 14.7. The summed E-state index contributed by atoms with van der Waals surface area (Å²) < 4.78 is 0. The Bertz CT molecular complexity index is 830. The number of nitrogens with one attached hydrogen (secondary N) is 2. The van der Waals surface area contributed by atoms with Crippen LogP contribution in [0.4, 0.5) is 0 Å². The van der Waals surface area contributed by atoms with Crippen molar-refractivity contribution in [2.45, 2.75) is 39.5 Å². The molecule has 1 aromatic heterocycles. The molecule has 3 rings (SSSR count). The lowest BCUT2D eigenvalue weighted by Gasteiger charge is -2.39. The van der Waals surface area contributed by atoms with E-state index in [1.807, 2.05) is 26.0 Å². The monoisotopic (exact) mass is 327 g/mol. The average molecular weight is 327 g/mol. The van der Waals surface area contributed by atoms with Crippen LogP contribution in [-0.4, -0.2) is 29.8 Å². The maximum Gasteiger partial charge on any atom is 0.251 e. The molecule has 1 aliphatic carbocycles. The highest BCUT2D eigenvalue weighted by atomic mass is 16.1. The van der Waals surface area contributed by atoms with Gasteiger partial charge in [0.05, 0.1) is 5.69 Å². The Labute approximate surface area is 142 Å². The summed E-state index contributed by atoms with van der Waals surface area (Å²) in [7, 11) is 0. The summed E-state index contributed by atoms with van der Waals surface area (Å²) in [4.78, 5) is 28.3. The maximum atomic E-state index is 12.8. The van der Waals surface area contributed by atoms with Crippen LogP contribution in [0.25, 0.3) is 10.9 Å². The summed E-state index contributed by atoms with van der Waals surface area (Å²) in [6.45, 7) is 9.17. The van der Waals surface area contributed by atoms with E-state index in [-0.39, 0.29) is 17.1 Å². The number of Topliss-reactive ketones (excluding diaryl/α,β-unsaturated/α-hetero) is 1. The fourth-order valence-corrected chi connectivity index (χ4v) is 4.11. The number of nitrogens with two attached hydrogens (primary N) is 1. The molecule has 2 aromatic rings. The number of carbonyl (C=O) groups excluding carboxylic acids is 2. The molecule has 5 nitrogen and oxygen atoms in total. The number of H-pyrrole nitrogens is 1. The zero-order chi connectivity index (χ0) is 17.7. The maximum absolute atomic E-state index is 12.8. The standard InChI is InChI=1S/C19H25N3O2/c1-18(2)10-19(3,4)16(23)15-14(18)12-9-11(5-6-13(12)22-15)17(24)21-8-7-20/h5-6,9,22H,7-8,10,20H2,1-4H3,(H,21,24). The van der Waals surface area contributed by atoms with E-state index in [1.54, 1.807) is 6.07 Å². The van der Waals surface area contributed by atoms with Crippen molar-refractivity contribution in [3.8, 4) is 0 Å². The lowest BCUT2D eigenvalue weighted by molar-refractivity contribution is 0.0759. The number of hydrogen-bond donors (Lipinski definition) is 3. The minimum atomic E-state index is -0.390. The van der Waals surface area contributed by atoms with Crippen molar-refractivity contribution in [1.29, 1.82) is 0 Å². The van der Waals surface area contributed by atoms with Crippen molar-refractivity contribution >= 4 is 22.6 Å². The minimum Gasteiger partial charge on any atom is -0.352 e. The van der Waals surface area contributed by atoms with Gasteiger partial charge in [-0.1, -0.05) is 27.7 Å². The number of aromatic amines is 1. The molecule has 0 aliphatic heterocycles. The van der Waals surface area contributed by atoms with Gasteiger partial charge in [-0.25, -0.2) is 0 Å². The van der Waals surface area contributed by atoms with E-state index in [2.05, 4.69) is 24.1 Å². The molecule has 24 heavy (non-hydrogen) atoms. The first kappa shape index (κ1) is 16.7.